The molecule has 11 heavy (non-hydrogen) atoms. The van der Waals surface area contributed by atoms with Crippen molar-refractivity contribution in [1.29, 1.82) is 0 Å². The first-order valence-electron chi connectivity index (χ1n) is 3.50. The van der Waals surface area contributed by atoms with Crippen LogP contribution in [0.4, 0.5) is 0 Å². The summed E-state index contributed by atoms with van der Waals surface area (Å²) >= 11 is 0. The van der Waals surface area contributed by atoms with Gasteiger partial charge in [-0.1, -0.05) is 0 Å². The molecule has 0 aromatic carbocycles. The Bertz CT molecular complexity index is 190. The average molecular weight is 157 g/mol. The van der Waals surface area contributed by atoms with Crippen molar-refractivity contribution in [3.63, 3.8) is 0 Å². The van der Waals surface area contributed by atoms with Crippen molar-refractivity contribution in [2.45, 2.75) is 13.0 Å². The third kappa shape index (κ3) is 1.57. The van der Waals surface area contributed by atoms with Crippen LogP contribution in [0.3, 0.4) is 0 Å². The molecule has 1 fully saturated rings. The molecular formula is C7H11NO3. The van der Waals surface area contributed by atoms with Crippen molar-refractivity contribution in [2.75, 3.05) is 20.2 Å². The Labute approximate surface area is 65.1 Å². The summed E-state index contributed by atoms with van der Waals surface area (Å²) in [4.78, 5) is 23.4. The lowest BCUT2D eigenvalue weighted by Gasteiger charge is -2.27. The molecule has 1 rings (SSSR count). The van der Waals surface area contributed by atoms with Gasteiger partial charge in [-0.25, -0.2) is 0 Å². The number of likely N-dealkylation sites (N-methyl/N-ethyl adjacent to an activating group) is 1. The first-order chi connectivity index (χ1) is 5.13. The maximum atomic E-state index is 11.1. The van der Waals surface area contributed by atoms with Crippen LogP contribution in [0, 0.1) is 0 Å². The molecule has 0 bridgehead atoms. The number of hydrogen-bond acceptors (Lipinski definition) is 3. The van der Waals surface area contributed by atoms with Gasteiger partial charge in [-0.2, -0.15) is 0 Å². The van der Waals surface area contributed by atoms with Crippen LogP contribution in [-0.2, 0) is 14.3 Å². The van der Waals surface area contributed by atoms with Crippen LogP contribution < -0.4 is 0 Å². The van der Waals surface area contributed by atoms with Crippen LogP contribution in [0.2, 0.25) is 0 Å². The number of nitrogens with zero attached hydrogens (tertiary/aromatic N) is 1. The van der Waals surface area contributed by atoms with Gasteiger partial charge in [0.15, 0.2) is 11.9 Å². The topological polar surface area (TPSA) is 46.6 Å². The minimum absolute atomic E-state index is 0.221. The molecule has 1 unspecified atom stereocenters. The van der Waals surface area contributed by atoms with Crippen LogP contribution >= 0.6 is 0 Å². The van der Waals surface area contributed by atoms with E-state index in [9.17, 15) is 9.59 Å². The molecule has 0 saturated carbocycles. The standard InChI is InChI=1S/C7H11NO3/c1-5(9)6-7(10)8(2)3-4-11-6/h6H,3-4H2,1-2H3. The zero-order chi connectivity index (χ0) is 8.43. The van der Waals surface area contributed by atoms with Crippen LogP contribution in [0.1, 0.15) is 6.92 Å². The summed E-state index contributed by atoms with van der Waals surface area (Å²) in [6.45, 7) is 2.39. The predicted octanol–water partition coefficient (Wildman–Crippen LogP) is -0.567. The lowest BCUT2D eigenvalue weighted by molar-refractivity contribution is -0.156. The molecule has 0 aromatic heterocycles. The SMILES string of the molecule is CC(=O)C1OCCN(C)C1=O. The van der Waals surface area contributed by atoms with Gasteiger partial charge in [0.25, 0.3) is 5.91 Å². The van der Waals surface area contributed by atoms with Crippen molar-refractivity contribution in [3.05, 3.63) is 0 Å². The number of hydrogen-bond donors (Lipinski definition) is 0. The third-order valence-corrected chi connectivity index (χ3v) is 1.68. The average Bonchev–Trinajstić information content (AvgIpc) is 1.94. The number of amides is 1. The van der Waals surface area contributed by atoms with Crippen molar-refractivity contribution in [1.82, 2.24) is 4.90 Å². The fourth-order valence-electron chi connectivity index (χ4n) is 0.980. The van der Waals surface area contributed by atoms with Gasteiger partial charge in [0, 0.05) is 13.6 Å². The summed E-state index contributed by atoms with van der Waals surface area (Å²) in [6.07, 6.45) is -0.853. The lowest BCUT2D eigenvalue weighted by Crippen LogP contribution is -2.48. The van der Waals surface area contributed by atoms with Crippen molar-refractivity contribution in [2.24, 2.45) is 0 Å². The quantitative estimate of drug-likeness (QED) is 0.479. The Morgan fingerprint density at radius 3 is 2.82 bits per heavy atom. The van der Waals surface area contributed by atoms with E-state index in [1.807, 2.05) is 0 Å². The molecular weight excluding hydrogens is 146 g/mol. The molecule has 4 nitrogen and oxygen atoms in total. The maximum Gasteiger partial charge on any atom is 0.259 e. The molecule has 0 radical (unpaired) electrons. The maximum absolute atomic E-state index is 11.1. The smallest absolute Gasteiger partial charge is 0.259 e. The van der Waals surface area contributed by atoms with E-state index in [0.717, 1.165) is 0 Å². The number of carbonyl (C=O) groups excluding carboxylic acids is 2. The number of Topliss-reactive ketones (excluding diaryl/α,β-unsaturated/α-hetero) is 1. The first-order valence-corrected chi connectivity index (χ1v) is 3.50. The molecule has 1 saturated heterocycles. The summed E-state index contributed by atoms with van der Waals surface area (Å²) in [5.74, 6) is -0.453. The molecule has 0 aromatic rings. The molecule has 0 N–H and O–H groups in total. The van der Waals surface area contributed by atoms with Gasteiger partial charge in [-0.05, 0) is 6.92 Å². The van der Waals surface area contributed by atoms with Gasteiger partial charge in [0.05, 0.1) is 6.61 Å². The molecule has 1 aliphatic rings. The molecule has 62 valence electrons. The van der Waals surface area contributed by atoms with E-state index in [1.165, 1.54) is 11.8 Å². The second-order valence-corrected chi connectivity index (χ2v) is 2.62. The minimum atomic E-state index is -0.853. The Morgan fingerprint density at radius 1 is 1.73 bits per heavy atom. The van der Waals surface area contributed by atoms with E-state index < -0.39 is 6.10 Å². The lowest BCUT2D eigenvalue weighted by atomic mass is 10.2. The van der Waals surface area contributed by atoms with Gasteiger partial charge in [0.1, 0.15) is 0 Å². The van der Waals surface area contributed by atoms with Crippen LogP contribution in [0.5, 0.6) is 0 Å². The van der Waals surface area contributed by atoms with Crippen molar-refractivity contribution in [3.8, 4) is 0 Å². The molecule has 1 atom stereocenters. The van der Waals surface area contributed by atoms with E-state index in [0.29, 0.717) is 13.2 Å². The number of ketones is 1. The number of morpholine rings is 1. The summed E-state index contributed by atoms with van der Waals surface area (Å²) in [6, 6.07) is 0. The number of ether oxygens (including phenoxy) is 1. The predicted molar refractivity (Wildman–Crippen MR) is 38.1 cm³/mol. The largest absolute Gasteiger partial charge is 0.359 e. The molecule has 1 amide bonds. The minimum Gasteiger partial charge on any atom is -0.359 e. The summed E-state index contributed by atoms with van der Waals surface area (Å²) in [7, 11) is 1.67. The fraction of sp³-hybridized carbons (Fsp3) is 0.714. The third-order valence-electron chi connectivity index (χ3n) is 1.68. The second-order valence-electron chi connectivity index (χ2n) is 2.62. The van der Waals surface area contributed by atoms with Gasteiger partial charge >= 0.3 is 0 Å². The molecule has 4 heteroatoms. The highest BCUT2D eigenvalue weighted by molar-refractivity contribution is 6.03. The summed E-state index contributed by atoms with van der Waals surface area (Å²) < 4.78 is 4.98. The normalized spacial score (nSPS) is 25.5. The molecule has 1 heterocycles. The molecule has 0 spiro atoms. The molecule has 0 aliphatic carbocycles. The fourth-order valence-corrected chi connectivity index (χ4v) is 0.980. The van der Waals surface area contributed by atoms with Crippen LogP contribution in [0.15, 0.2) is 0 Å². The highest BCUT2D eigenvalue weighted by Gasteiger charge is 2.30. The zero-order valence-electron chi connectivity index (χ0n) is 6.66. The van der Waals surface area contributed by atoms with Gasteiger partial charge in [0.2, 0.25) is 0 Å². The monoisotopic (exact) mass is 157 g/mol. The van der Waals surface area contributed by atoms with E-state index in [1.54, 1.807) is 7.05 Å². The van der Waals surface area contributed by atoms with Gasteiger partial charge in [-0.3, -0.25) is 9.59 Å². The van der Waals surface area contributed by atoms with E-state index >= 15 is 0 Å². The van der Waals surface area contributed by atoms with Crippen LogP contribution in [-0.4, -0.2) is 42.9 Å². The Hall–Kier alpha value is -0.900. The Balaban J connectivity index is 2.66. The Kier molecular flexibility index (Phi) is 2.24. The van der Waals surface area contributed by atoms with Gasteiger partial charge < -0.3 is 9.64 Å². The number of rotatable bonds is 1. The highest BCUT2D eigenvalue weighted by Crippen LogP contribution is 2.05. The second kappa shape index (κ2) is 3.00. The zero-order valence-corrected chi connectivity index (χ0v) is 6.66. The van der Waals surface area contributed by atoms with E-state index in [-0.39, 0.29) is 11.7 Å². The van der Waals surface area contributed by atoms with Gasteiger partial charge in [-0.15, -0.1) is 0 Å². The van der Waals surface area contributed by atoms with E-state index in [4.69, 9.17) is 4.74 Å². The first kappa shape index (κ1) is 8.20. The highest BCUT2D eigenvalue weighted by atomic mass is 16.5. The Morgan fingerprint density at radius 2 is 2.36 bits per heavy atom. The van der Waals surface area contributed by atoms with Crippen molar-refractivity contribution < 1.29 is 14.3 Å². The van der Waals surface area contributed by atoms with Crippen molar-refractivity contribution >= 4 is 11.7 Å². The van der Waals surface area contributed by atoms with Crippen LogP contribution in [0.25, 0.3) is 0 Å². The summed E-state index contributed by atoms with van der Waals surface area (Å²) in [5, 5.41) is 0. The van der Waals surface area contributed by atoms with E-state index in [2.05, 4.69) is 0 Å². The molecule has 1 aliphatic heterocycles. The summed E-state index contributed by atoms with van der Waals surface area (Å²) in [5.41, 5.74) is 0. The number of carbonyl (C=O) groups is 2.